The summed E-state index contributed by atoms with van der Waals surface area (Å²) in [5, 5.41) is 4.62. The summed E-state index contributed by atoms with van der Waals surface area (Å²) in [5.41, 5.74) is 12.6. The van der Waals surface area contributed by atoms with Gasteiger partial charge in [-0.3, -0.25) is 9.48 Å². The van der Waals surface area contributed by atoms with Gasteiger partial charge in [-0.2, -0.15) is 5.10 Å². The van der Waals surface area contributed by atoms with Crippen molar-refractivity contribution in [1.29, 1.82) is 0 Å². The highest BCUT2D eigenvalue weighted by Crippen LogP contribution is 2.32. The number of aromatic nitrogens is 2. The Morgan fingerprint density at radius 2 is 2.13 bits per heavy atom. The van der Waals surface area contributed by atoms with Crippen molar-refractivity contribution < 1.29 is 13.9 Å². The number of carbonyl (C=O) groups excluding carboxylic acids is 1. The maximum Gasteiger partial charge on any atom is 0.248 e. The number of benzene rings is 2. The number of methoxy groups -OCH3 is 1. The Bertz CT molecular complexity index is 904. The van der Waals surface area contributed by atoms with Gasteiger partial charge < -0.3 is 16.2 Å². The summed E-state index contributed by atoms with van der Waals surface area (Å²) in [7, 11) is 1.49. The molecule has 0 atom stereocenters. The third-order valence-electron chi connectivity index (χ3n) is 3.60. The lowest BCUT2D eigenvalue weighted by Crippen LogP contribution is -2.11. The molecule has 0 bridgehead atoms. The molecule has 0 radical (unpaired) electrons. The van der Waals surface area contributed by atoms with Gasteiger partial charge in [-0.05, 0) is 29.8 Å². The standard InChI is InChI=1S/C16H15FN4O2/c1-23-12-6-5-11(17)14-13(12)15(18)20-21(14)8-9-3-2-4-10(7-9)16(19)22/h2-7H,8H2,1H3,(H2,18,20)(H2,19,22). The van der Waals surface area contributed by atoms with Crippen LogP contribution in [0.2, 0.25) is 0 Å². The van der Waals surface area contributed by atoms with E-state index in [1.54, 1.807) is 24.3 Å². The number of hydrogen-bond donors (Lipinski definition) is 2. The van der Waals surface area contributed by atoms with E-state index in [4.69, 9.17) is 16.2 Å². The highest BCUT2D eigenvalue weighted by Gasteiger charge is 2.17. The fourth-order valence-corrected chi connectivity index (χ4v) is 2.56. The van der Waals surface area contributed by atoms with Gasteiger partial charge in [0.05, 0.1) is 19.0 Å². The molecule has 3 rings (SSSR count). The summed E-state index contributed by atoms with van der Waals surface area (Å²) >= 11 is 0. The van der Waals surface area contributed by atoms with Crippen LogP contribution in [0.3, 0.4) is 0 Å². The van der Waals surface area contributed by atoms with Gasteiger partial charge in [-0.25, -0.2) is 4.39 Å². The van der Waals surface area contributed by atoms with E-state index in [-0.39, 0.29) is 17.9 Å². The second-order valence-electron chi connectivity index (χ2n) is 5.08. The molecular formula is C16H15FN4O2. The Balaban J connectivity index is 2.11. The number of halogens is 1. The van der Waals surface area contributed by atoms with E-state index >= 15 is 0 Å². The minimum Gasteiger partial charge on any atom is -0.496 e. The molecule has 0 aliphatic carbocycles. The van der Waals surface area contributed by atoms with Crippen molar-refractivity contribution in [1.82, 2.24) is 9.78 Å². The van der Waals surface area contributed by atoms with Crippen LogP contribution < -0.4 is 16.2 Å². The maximum atomic E-state index is 14.2. The lowest BCUT2D eigenvalue weighted by molar-refractivity contribution is 0.1000. The molecule has 3 aromatic rings. The molecule has 1 amide bonds. The zero-order valence-corrected chi connectivity index (χ0v) is 12.4. The summed E-state index contributed by atoms with van der Waals surface area (Å²) in [4.78, 5) is 11.3. The Morgan fingerprint density at radius 1 is 1.35 bits per heavy atom. The third kappa shape index (κ3) is 2.57. The van der Waals surface area contributed by atoms with Crippen LogP contribution in [0.15, 0.2) is 36.4 Å². The predicted molar refractivity (Wildman–Crippen MR) is 84.7 cm³/mol. The lowest BCUT2D eigenvalue weighted by atomic mass is 10.1. The van der Waals surface area contributed by atoms with Crippen LogP contribution in [0.4, 0.5) is 10.2 Å². The van der Waals surface area contributed by atoms with Crippen molar-refractivity contribution >= 4 is 22.6 Å². The van der Waals surface area contributed by atoms with Crippen LogP contribution in [0.1, 0.15) is 15.9 Å². The first-order valence-corrected chi connectivity index (χ1v) is 6.88. The number of nitrogens with two attached hydrogens (primary N) is 2. The highest BCUT2D eigenvalue weighted by atomic mass is 19.1. The fraction of sp³-hybridized carbons (Fsp3) is 0.125. The smallest absolute Gasteiger partial charge is 0.248 e. The zero-order chi connectivity index (χ0) is 16.6. The van der Waals surface area contributed by atoms with Crippen LogP contribution in [-0.2, 0) is 6.54 Å². The highest BCUT2D eigenvalue weighted by molar-refractivity contribution is 5.95. The average Bonchev–Trinajstić information content (AvgIpc) is 2.86. The maximum absolute atomic E-state index is 14.2. The Morgan fingerprint density at radius 3 is 2.83 bits per heavy atom. The van der Waals surface area contributed by atoms with Gasteiger partial charge in [0, 0.05) is 5.56 Å². The molecule has 4 N–H and O–H groups in total. The second-order valence-corrected chi connectivity index (χ2v) is 5.08. The van der Waals surface area contributed by atoms with Crippen molar-refractivity contribution in [3.05, 3.63) is 53.3 Å². The predicted octanol–water partition coefficient (Wildman–Crippen LogP) is 1.91. The van der Waals surface area contributed by atoms with Gasteiger partial charge >= 0.3 is 0 Å². The number of primary amides is 1. The van der Waals surface area contributed by atoms with Gasteiger partial charge in [0.15, 0.2) is 5.82 Å². The molecule has 0 aliphatic heterocycles. The number of fused-ring (bicyclic) bond motifs is 1. The zero-order valence-electron chi connectivity index (χ0n) is 12.4. The van der Waals surface area contributed by atoms with Crippen LogP contribution in [-0.4, -0.2) is 22.8 Å². The van der Waals surface area contributed by atoms with Crippen LogP contribution >= 0.6 is 0 Å². The average molecular weight is 314 g/mol. The van der Waals surface area contributed by atoms with Crippen molar-refractivity contribution in [2.45, 2.75) is 6.54 Å². The molecule has 0 saturated carbocycles. The molecule has 6 nitrogen and oxygen atoms in total. The minimum atomic E-state index is -0.524. The topological polar surface area (TPSA) is 96.2 Å². The summed E-state index contributed by atoms with van der Waals surface area (Å²) in [6, 6.07) is 9.58. The van der Waals surface area contributed by atoms with E-state index < -0.39 is 11.7 Å². The monoisotopic (exact) mass is 314 g/mol. The third-order valence-corrected chi connectivity index (χ3v) is 3.60. The number of carbonyl (C=O) groups is 1. The van der Waals surface area contributed by atoms with E-state index in [0.29, 0.717) is 16.7 Å². The van der Waals surface area contributed by atoms with Crippen LogP contribution in [0.25, 0.3) is 10.9 Å². The number of amides is 1. The number of ether oxygens (including phenoxy) is 1. The molecule has 2 aromatic carbocycles. The van der Waals surface area contributed by atoms with E-state index in [1.165, 1.54) is 23.9 Å². The molecule has 0 spiro atoms. The van der Waals surface area contributed by atoms with Gasteiger partial charge in [0.1, 0.15) is 17.1 Å². The van der Waals surface area contributed by atoms with Crippen molar-refractivity contribution in [2.24, 2.45) is 5.73 Å². The summed E-state index contributed by atoms with van der Waals surface area (Å²) in [6.45, 7) is 0.249. The first-order valence-electron chi connectivity index (χ1n) is 6.88. The Hall–Kier alpha value is -3.09. The molecule has 0 fully saturated rings. The largest absolute Gasteiger partial charge is 0.496 e. The Kier molecular flexibility index (Phi) is 3.61. The normalized spacial score (nSPS) is 10.9. The van der Waals surface area contributed by atoms with Crippen LogP contribution in [0.5, 0.6) is 5.75 Å². The molecule has 23 heavy (non-hydrogen) atoms. The Labute approximate surface area is 131 Å². The number of nitrogen functional groups attached to an aromatic ring is 1. The molecule has 0 unspecified atom stereocenters. The SMILES string of the molecule is COc1ccc(F)c2c1c(N)nn2Cc1cccc(C(N)=O)c1. The second kappa shape index (κ2) is 5.60. The first-order chi connectivity index (χ1) is 11.0. The number of nitrogens with zero attached hydrogens (tertiary/aromatic N) is 2. The quantitative estimate of drug-likeness (QED) is 0.769. The number of hydrogen-bond acceptors (Lipinski definition) is 4. The van der Waals surface area contributed by atoms with E-state index in [9.17, 15) is 9.18 Å². The molecule has 118 valence electrons. The van der Waals surface area contributed by atoms with Gasteiger partial charge in [-0.1, -0.05) is 12.1 Å². The van der Waals surface area contributed by atoms with Crippen molar-refractivity contribution in [2.75, 3.05) is 12.8 Å². The fourth-order valence-electron chi connectivity index (χ4n) is 2.56. The molecular weight excluding hydrogens is 299 g/mol. The van der Waals surface area contributed by atoms with Crippen LogP contribution in [0, 0.1) is 5.82 Å². The molecule has 0 saturated heterocycles. The number of rotatable bonds is 4. The molecule has 1 aromatic heterocycles. The molecule has 1 heterocycles. The van der Waals surface area contributed by atoms with Gasteiger partial charge in [0.25, 0.3) is 0 Å². The lowest BCUT2D eigenvalue weighted by Gasteiger charge is -2.07. The minimum absolute atomic E-state index is 0.183. The van der Waals surface area contributed by atoms with E-state index in [0.717, 1.165) is 5.56 Å². The van der Waals surface area contributed by atoms with Crippen molar-refractivity contribution in [3.63, 3.8) is 0 Å². The molecule has 7 heteroatoms. The molecule has 0 aliphatic rings. The summed E-state index contributed by atoms with van der Waals surface area (Å²) in [5.74, 6) is -0.334. The number of anilines is 1. The first kappa shape index (κ1) is 14.8. The van der Waals surface area contributed by atoms with E-state index in [1.807, 2.05) is 0 Å². The van der Waals surface area contributed by atoms with E-state index in [2.05, 4.69) is 5.10 Å². The van der Waals surface area contributed by atoms with Crippen molar-refractivity contribution in [3.8, 4) is 5.75 Å². The summed E-state index contributed by atoms with van der Waals surface area (Å²) < 4.78 is 20.9. The van der Waals surface area contributed by atoms with Gasteiger partial charge in [0.2, 0.25) is 5.91 Å². The van der Waals surface area contributed by atoms with Gasteiger partial charge in [-0.15, -0.1) is 0 Å². The summed E-state index contributed by atoms with van der Waals surface area (Å²) in [6.07, 6.45) is 0.